The second-order valence-corrected chi connectivity index (χ2v) is 4.31. The molecule has 19 heavy (non-hydrogen) atoms. The first-order chi connectivity index (χ1) is 9.20. The van der Waals surface area contributed by atoms with Crippen molar-refractivity contribution < 1.29 is 9.53 Å². The lowest BCUT2D eigenvalue weighted by Crippen LogP contribution is -2.37. The van der Waals surface area contributed by atoms with E-state index in [-0.39, 0.29) is 0 Å². The average Bonchev–Trinajstić information content (AvgIpc) is 2.45. The van der Waals surface area contributed by atoms with Gasteiger partial charge in [0.2, 0.25) is 6.10 Å². The summed E-state index contributed by atoms with van der Waals surface area (Å²) in [5, 5.41) is 0.539. The van der Waals surface area contributed by atoms with Crippen molar-refractivity contribution in [1.82, 2.24) is 5.43 Å². The number of hydrogen-bond acceptors (Lipinski definition) is 3. The third kappa shape index (κ3) is 3.47. The van der Waals surface area contributed by atoms with Gasteiger partial charge in [-0.25, -0.2) is 5.84 Å². The fourth-order valence-electron chi connectivity index (χ4n) is 1.65. The molecule has 0 fully saturated rings. The minimum Gasteiger partial charge on any atom is -0.476 e. The number of halogens is 1. The molecule has 3 N–H and O–H groups in total. The summed E-state index contributed by atoms with van der Waals surface area (Å²) in [7, 11) is 0. The number of benzene rings is 2. The summed E-state index contributed by atoms with van der Waals surface area (Å²) >= 11 is 5.88. The predicted octanol–water partition coefficient (Wildman–Crippen LogP) is 2.45. The minimum atomic E-state index is -0.815. The Morgan fingerprint density at radius 1 is 1.16 bits per heavy atom. The van der Waals surface area contributed by atoms with Crippen LogP contribution in [0, 0.1) is 0 Å². The second kappa shape index (κ2) is 6.22. The zero-order chi connectivity index (χ0) is 13.7. The van der Waals surface area contributed by atoms with Crippen LogP contribution in [0.2, 0.25) is 5.02 Å². The molecule has 2 aromatic rings. The van der Waals surface area contributed by atoms with Gasteiger partial charge in [0.05, 0.1) is 0 Å². The molecule has 0 aliphatic carbocycles. The number of rotatable bonds is 4. The van der Waals surface area contributed by atoms with Crippen LogP contribution in [0.3, 0.4) is 0 Å². The van der Waals surface area contributed by atoms with E-state index < -0.39 is 12.0 Å². The number of carbonyl (C=O) groups excluding carboxylic acids is 1. The van der Waals surface area contributed by atoms with Gasteiger partial charge in [-0.2, -0.15) is 0 Å². The first kappa shape index (κ1) is 13.4. The Balaban J connectivity index is 2.27. The van der Waals surface area contributed by atoms with Crippen LogP contribution in [0.25, 0.3) is 0 Å². The number of carbonyl (C=O) groups is 1. The monoisotopic (exact) mass is 276 g/mol. The van der Waals surface area contributed by atoms with Crippen LogP contribution in [-0.4, -0.2) is 5.91 Å². The molecule has 0 aliphatic rings. The predicted molar refractivity (Wildman–Crippen MR) is 73.6 cm³/mol. The molecule has 1 unspecified atom stereocenters. The largest absolute Gasteiger partial charge is 0.476 e. The summed E-state index contributed by atoms with van der Waals surface area (Å²) in [4.78, 5) is 11.8. The van der Waals surface area contributed by atoms with E-state index in [0.717, 1.165) is 0 Å². The summed E-state index contributed by atoms with van der Waals surface area (Å²) in [6.45, 7) is 0. The lowest BCUT2D eigenvalue weighted by molar-refractivity contribution is -0.128. The van der Waals surface area contributed by atoms with Gasteiger partial charge in [-0.3, -0.25) is 10.2 Å². The van der Waals surface area contributed by atoms with Crippen molar-refractivity contribution in [3.8, 4) is 5.75 Å². The van der Waals surface area contributed by atoms with E-state index in [1.807, 2.05) is 18.2 Å². The topological polar surface area (TPSA) is 64.3 Å². The maximum absolute atomic E-state index is 11.8. The van der Waals surface area contributed by atoms with Crippen molar-refractivity contribution in [2.75, 3.05) is 0 Å². The number of nitrogens with two attached hydrogens (primary N) is 1. The van der Waals surface area contributed by atoms with E-state index in [4.69, 9.17) is 22.2 Å². The van der Waals surface area contributed by atoms with Gasteiger partial charge in [-0.05, 0) is 18.2 Å². The van der Waals surface area contributed by atoms with Crippen molar-refractivity contribution in [2.24, 2.45) is 5.84 Å². The number of nitrogens with one attached hydrogen (secondary N) is 1. The third-order valence-corrected chi connectivity index (χ3v) is 2.77. The summed E-state index contributed by atoms with van der Waals surface area (Å²) < 4.78 is 5.66. The quantitative estimate of drug-likeness (QED) is 0.512. The second-order valence-electron chi connectivity index (χ2n) is 3.87. The molecule has 0 aromatic heterocycles. The molecule has 0 saturated carbocycles. The van der Waals surface area contributed by atoms with Gasteiger partial charge in [0, 0.05) is 10.6 Å². The highest BCUT2D eigenvalue weighted by Crippen LogP contribution is 2.24. The summed E-state index contributed by atoms with van der Waals surface area (Å²) in [6, 6.07) is 16.0. The molecule has 1 atom stereocenters. The molecule has 2 aromatic carbocycles. The third-order valence-electron chi connectivity index (χ3n) is 2.53. The van der Waals surface area contributed by atoms with Crippen molar-refractivity contribution >= 4 is 17.5 Å². The van der Waals surface area contributed by atoms with E-state index in [2.05, 4.69) is 5.43 Å². The Morgan fingerprint density at radius 2 is 1.89 bits per heavy atom. The Kier molecular flexibility index (Phi) is 4.39. The summed E-state index contributed by atoms with van der Waals surface area (Å²) in [5.41, 5.74) is 2.81. The number of amides is 1. The maximum atomic E-state index is 11.8. The number of ether oxygens (including phenoxy) is 1. The smallest absolute Gasteiger partial charge is 0.279 e. The van der Waals surface area contributed by atoms with Crippen LogP contribution in [0.5, 0.6) is 5.75 Å². The molecule has 0 heterocycles. The van der Waals surface area contributed by atoms with Gasteiger partial charge < -0.3 is 4.74 Å². The van der Waals surface area contributed by atoms with Gasteiger partial charge in [0.15, 0.2) is 0 Å². The molecule has 0 aliphatic heterocycles. The van der Waals surface area contributed by atoms with Gasteiger partial charge in [-0.15, -0.1) is 0 Å². The lowest BCUT2D eigenvalue weighted by atomic mass is 10.1. The molecule has 0 spiro atoms. The molecule has 0 radical (unpaired) electrons. The highest BCUT2D eigenvalue weighted by atomic mass is 35.5. The molecule has 4 nitrogen and oxygen atoms in total. The van der Waals surface area contributed by atoms with Crippen LogP contribution >= 0.6 is 11.6 Å². The van der Waals surface area contributed by atoms with Crippen molar-refractivity contribution in [1.29, 1.82) is 0 Å². The molecule has 98 valence electrons. The fourth-order valence-corrected chi connectivity index (χ4v) is 1.83. The van der Waals surface area contributed by atoms with Crippen molar-refractivity contribution in [3.63, 3.8) is 0 Å². The van der Waals surface area contributed by atoms with E-state index >= 15 is 0 Å². The molecule has 5 heteroatoms. The van der Waals surface area contributed by atoms with Crippen LogP contribution < -0.4 is 16.0 Å². The first-order valence-electron chi connectivity index (χ1n) is 5.68. The molecule has 0 saturated heterocycles. The number of hydrogen-bond donors (Lipinski definition) is 2. The zero-order valence-corrected chi connectivity index (χ0v) is 10.8. The van der Waals surface area contributed by atoms with Gasteiger partial charge in [0.1, 0.15) is 5.75 Å². The molecule has 1 amide bonds. The van der Waals surface area contributed by atoms with Crippen LogP contribution in [-0.2, 0) is 4.79 Å². The minimum absolute atomic E-state index is 0.425. The molecule has 2 rings (SSSR count). The highest BCUT2D eigenvalue weighted by Gasteiger charge is 2.21. The van der Waals surface area contributed by atoms with E-state index in [9.17, 15) is 4.79 Å². The van der Waals surface area contributed by atoms with Gasteiger partial charge in [-0.1, -0.05) is 48.0 Å². The van der Waals surface area contributed by atoms with E-state index in [1.54, 1.807) is 36.4 Å². The van der Waals surface area contributed by atoms with Crippen molar-refractivity contribution in [3.05, 3.63) is 65.2 Å². The van der Waals surface area contributed by atoms with Gasteiger partial charge >= 0.3 is 0 Å². The highest BCUT2D eigenvalue weighted by molar-refractivity contribution is 6.30. The SMILES string of the molecule is NNC(=O)C(Oc1cccc(Cl)c1)c1ccccc1. The van der Waals surface area contributed by atoms with Crippen LogP contribution in [0.1, 0.15) is 11.7 Å². The van der Waals surface area contributed by atoms with Crippen LogP contribution in [0.4, 0.5) is 0 Å². The molecular formula is C14H13ClN2O2. The van der Waals surface area contributed by atoms with E-state index in [0.29, 0.717) is 16.3 Å². The molecule has 0 bridgehead atoms. The summed E-state index contributed by atoms with van der Waals surface area (Å²) in [6.07, 6.45) is -0.815. The molecular weight excluding hydrogens is 264 g/mol. The Hall–Kier alpha value is -2.04. The normalized spacial score (nSPS) is 11.7. The lowest BCUT2D eigenvalue weighted by Gasteiger charge is -2.18. The zero-order valence-electron chi connectivity index (χ0n) is 10.0. The Labute approximate surface area is 116 Å². The first-order valence-corrected chi connectivity index (χ1v) is 6.06. The Bertz CT molecular complexity index is 560. The average molecular weight is 277 g/mol. The summed E-state index contributed by atoms with van der Waals surface area (Å²) in [5.74, 6) is 5.27. The maximum Gasteiger partial charge on any atom is 0.279 e. The van der Waals surface area contributed by atoms with Crippen LogP contribution in [0.15, 0.2) is 54.6 Å². The van der Waals surface area contributed by atoms with E-state index in [1.165, 1.54) is 0 Å². The fraction of sp³-hybridized carbons (Fsp3) is 0.0714. The van der Waals surface area contributed by atoms with Gasteiger partial charge in [0.25, 0.3) is 5.91 Å². The number of hydrazine groups is 1. The standard InChI is InChI=1S/C14H13ClN2O2/c15-11-7-4-8-12(9-11)19-13(14(18)17-16)10-5-2-1-3-6-10/h1-9,13H,16H2,(H,17,18). The Morgan fingerprint density at radius 3 is 2.53 bits per heavy atom. The van der Waals surface area contributed by atoms with Crippen molar-refractivity contribution in [2.45, 2.75) is 6.10 Å².